The molecule has 0 spiro atoms. The Bertz CT molecular complexity index is 2990. The minimum atomic E-state index is -0.156. The van der Waals surface area contributed by atoms with Crippen molar-refractivity contribution >= 4 is 82.9 Å². The largest absolute Gasteiger partial charge is 0.456 e. The Kier molecular flexibility index (Phi) is 5.15. The molecule has 0 amide bonds. The molecule has 10 aromatic rings. The molecule has 1 aliphatic carbocycles. The minimum absolute atomic E-state index is 0.156. The van der Waals surface area contributed by atoms with E-state index in [0.717, 1.165) is 82.9 Å². The van der Waals surface area contributed by atoms with E-state index in [2.05, 4.69) is 134 Å². The van der Waals surface area contributed by atoms with Crippen molar-refractivity contribution in [3.8, 4) is 11.1 Å². The molecule has 3 heterocycles. The van der Waals surface area contributed by atoms with E-state index in [9.17, 15) is 0 Å². The summed E-state index contributed by atoms with van der Waals surface area (Å²) in [6.45, 7) is 4.66. The van der Waals surface area contributed by atoms with E-state index in [0.29, 0.717) is 0 Å². The van der Waals surface area contributed by atoms with Crippen molar-refractivity contribution in [3.63, 3.8) is 0 Å². The van der Waals surface area contributed by atoms with Crippen molar-refractivity contribution in [2.45, 2.75) is 19.3 Å². The SMILES string of the molecule is CC1(C)c2ccccc2-c2ccc(N(c3cccc4oc5ccccc5c34)c3cccc4oc5ccc6c7ccccc7oc6c5c34)cc21. The van der Waals surface area contributed by atoms with Gasteiger partial charge in [-0.1, -0.05) is 92.7 Å². The topological polar surface area (TPSA) is 42.7 Å². The lowest BCUT2D eigenvalue weighted by atomic mass is 9.82. The molecule has 7 aromatic carbocycles. The molecule has 0 saturated heterocycles. The number of rotatable bonds is 3. The molecule has 0 bridgehead atoms. The number of nitrogens with zero attached hydrogens (tertiary/aromatic N) is 1. The molecule has 0 atom stereocenters. The molecule has 0 N–H and O–H groups in total. The van der Waals surface area contributed by atoms with Crippen LogP contribution < -0.4 is 4.90 Å². The third-order valence-electron chi connectivity index (χ3n) is 10.7. The Morgan fingerprint density at radius 2 is 1.04 bits per heavy atom. The van der Waals surface area contributed by atoms with Crippen LogP contribution in [0.5, 0.6) is 0 Å². The van der Waals surface area contributed by atoms with Crippen LogP contribution in [0.25, 0.3) is 76.9 Å². The number of anilines is 3. The highest BCUT2D eigenvalue weighted by Crippen LogP contribution is 2.53. The smallest absolute Gasteiger partial charge is 0.147 e. The molecule has 0 saturated carbocycles. The number of benzene rings is 7. The molecular formula is C45H29NO3. The van der Waals surface area contributed by atoms with Gasteiger partial charge in [0.2, 0.25) is 0 Å². The first-order valence-corrected chi connectivity index (χ1v) is 16.8. The minimum Gasteiger partial charge on any atom is -0.456 e. The second-order valence-electron chi connectivity index (χ2n) is 13.7. The standard InChI is InChI=1S/C45H29NO3/c1-45(2)32-14-6-3-11-27(32)28-22-21-26(25-33(28)45)46(34-15-9-19-38-41(34)31-13-5-8-18-37(31)47-38)35-16-10-20-39-42(35)43-40(48-39)24-23-30-29-12-4-7-17-36(29)49-44(30)43/h3-25H,1-2H3. The van der Waals surface area contributed by atoms with Crippen LogP contribution in [-0.2, 0) is 5.41 Å². The highest BCUT2D eigenvalue weighted by molar-refractivity contribution is 6.26. The van der Waals surface area contributed by atoms with Crippen molar-refractivity contribution < 1.29 is 13.3 Å². The third-order valence-corrected chi connectivity index (χ3v) is 10.7. The van der Waals surface area contributed by atoms with Crippen LogP contribution in [0, 0.1) is 0 Å². The first-order chi connectivity index (χ1) is 24.1. The maximum absolute atomic E-state index is 6.62. The van der Waals surface area contributed by atoms with Gasteiger partial charge in [-0.25, -0.2) is 0 Å². The summed E-state index contributed by atoms with van der Waals surface area (Å²) in [5, 5.41) is 6.30. The summed E-state index contributed by atoms with van der Waals surface area (Å²) in [5.41, 5.74) is 13.2. The molecular weight excluding hydrogens is 602 g/mol. The number of fused-ring (bicyclic) bond motifs is 13. The summed E-state index contributed by atoms with van der Waals surface area (Å²) in [6, 6.07) is 49.2. The van der Waals surface area contributed by atoms with Gasteiger partial charge in [-0.2, -0.15) is 0 Å². The number of hydrogen-bond acceptors (Lipinski definition) is 4. The van der Waals surface area contributed by atoms with Crippen LogP contribution in [0.15, 0.2) is 153 Å². The van der Waals surface area contributed by atoms with Gasteiger partial charge in [-0.3, -0.25) is 0 Å². The first kappa shape index (κ1) is 26.8. The number of furan rings is 3. The average molecular weight is 632 g/mol. The summed E-state index contributed by atoms with van der Waals surface area (Å²) in [6.07, 6.45) is 0. The Morgan fingerprint density at radius 1 is 0.429 bits per heavy atom. The monoisotopic (exact) mass is 631 g/mol. The maximum Gasteiger partial charge on any atom is 0.147 e. The normalized spacial score (nSPS) is 13.7. The van der Waals surface area contributed by atoms with Crippen molar-refractivity contribution in [1.29, 1.82) is 0 Å². The molecule has 0 aliphatic heterocycles. The molecule has 49 heavy (non-hydrogen) atoms. The molecule has 1 aliphatic rings. The predicted molar refractivity (Wildman–Crippen MR) is 201 cm³/mol. The highest BCUT2D eigenvalue weighted by atomic mass is 16.3. The molecule has 232 valence electrons. The van der Waals surface area contributed by atoms with E-state index in [4.69, 9.17) is 13.3 Å². The second kappa shape index (κ2) is 9.42. The van der Waals surface area contributed by atoms with Crippen LogP contribution in [-0.4, -0.2) is 0 Å². The van der Waals surface area contributed by atoms with Crippen LogP contribution in [0.3, 0.4) is 0 Å². The van der Waals surface area contributed by atoms with Gasteiger partial charge >= 0.3 is 0 Å². The van der Waals surface area contributed by atoms with E-state index in [1.54, 1.807) is 0 Å². The Hall–Kier alpha value is -6.26. The highest BCUT2D eigenvalue weighted by Gasteiger charge is 2.36. The maximum atomic E-state index is 6.62. The molecule has 4 nitrogen and oxygen atoms in total. The molecule has 3 aromatic heterocycles. The third kappa shape index (κ3) is 3.53. The molecule has 0 fully saturated rings. The van der Waals surface area contributed by atoms with Gasteiger partial charge in [-0.15, -0.1) is 0 Å². The Labute approximate surface area is 281 Å². The summed E-state index contributed by atoms with van der Waals surface area (Å²) in [4.78, 5) is 2.39. The predicted octanol–water partition coefficient (Wildman–Crippen LogP) is 13.2. The lowest BCUT2D eigenvalue weighted by molar-refractivity contribution is 0.660. The fourth-order valence-electron chi connectivity index (χ4n) is 8.43. The number of hydrogen-bond donors (Lipinski definition) is 0. The fraction of sp³-hybridized carbons (Fsp3) is 0.0667. The lowest BCUT2D eigenvalue weighted by Gasteiger charge is -2.29. The van der Waals surface area contributed by atoms with Crippen molar-refractivity contribution in [3.05, 3.63) is 151 Å². The average Bonchev–Trinajstić information content (AvgIpc) is 3.87. The Morgan fingerprint density at radius 3 is 1.88 bits per heavy atom. The van der Waals surface area contributed by atoms with Crippen LogP contribution in [0.2, 0.25) is 0 Å². The zero-order valence-electron chi connectivity index (χ0n) is 27.0. The lowest BCUT2D eigenvalue weighted by Crippen LogP contribution is -2.16. The van der Waals surface area contributed by atoms with Gasteiger partial charge in [-0.05, 0) is 82.9 Å². The van der Waals surface area contributed by atoms with E-state index in [1.165, 1.54) is 22.3 Å². The van der Waals surface area contributed by atoms with Gasteiger partial charge in [0.15, 0.2) is 0 Å². The van der Waals surface area contributed by atoms with E-state index >= 15 is 0 Å². The van der Waals surface area contributed by atoms with Crippen molar-refractivity contribution in [1.82, 2.24) is 0 Å². The van der Waals surface area contributed by atoms with Crippen LogP contribution >= 0.6 is 0 Å². The molecule has 4 heteroatoms. The van der Waals surface area contributed by atoms with Crippen molar-refractivity contribution in [2.24, 2.45) is 0 Å². The zero-order valence-corrected chi connectivity index (χ0v) is 27.0. The van der Waals surface area contributed by atoms with Gasteiger partial charge in [0, 0.05) is 27.3 Å². The van der Waals surface area contributed by atoms with E-state index < -0.39 is 0 Å². The number of para-hydroxylation sites is 2. The fourth-order valence-corrected chi connectivity index (χ4v) is 8.43. The summed E-state index contributed by atoms with van der Waals surface area (Å²) >= 11 is 0. The summed E-state index contributed by atoms with van der Waals surface area (Å²) in [7, 11) is 0. The molecule has 0 radical (unpaired) electrons. The van der Waals surface area contributed by atoms with Gasteiger partial charge in [0.05, 0.1) is 27.5 Å². The van der Waals surface area contributed by atoms with Crippen LogP contribution in [0.1, 0.15) is 25.0 Å². The molecule has 0 unspecified atom stereocenters. The van der Waals surface area contributed by atoms with E-state index in [1.807, 2.05) is 24.3 Å². The van der Waals surface area contributed by atoms with Crippen LogP contribution in [0.4, 0.5) is 17.1 Å². The van der Waals surface area contributed by atoms with Crippen molar-refractivity contribution in [2.75, 3.05) is 4.90 Å². The quantitative estimate of drug-likeness (QED) is 0.195. The summed E-state index contributed by atoms with van der Waals surface area (Å²) in [5.74, 6) is 0. The van der Waals surface area contributed by atoms with Gasteiger partial charge in [0.1, 0.15) is 33.5 Å². The first-order valence-electron chi connectivity index (χ1n) is 16.8. The second-order valence-corrected chi connectivity index (χ2v) is 13.7. The zero-order chi connectivity index (χ0) is 32.4. The van der Waals surface area contributed by atoms with Gasteiger partial charge in [0.25, 0.3) is 0 Å². The Balaban J connectivity index is 1.27. The van der Waals surface area contributed by atoms with E-state index in [-0.39, 0.29) is 5.41 Å². The summed E-state index contributed by atoms with van der Waals surface area (Å²) < 4.78 is 19.7. The molecule has 11 rings (SSSR count). The van der Waals surface area contributed by atoms with Gasteiger partial charge < -0.3 is 18.2 Å².